The fourth-order valence-electron chi connectivity index (χ4n) is 4.40. The molecule has 0 bridgehead atoms. The molecule has 1 saturated carbocycles. The molecule has 1 spiro atoms. The normalized spacial score (nSPS) is 19.8. The van der Waals surface area contributed by atoms with Crippen molar-refractivity contribution in [1.82, 2.24) is 14.8 Å². The van der Waals surface area contributed by atoms with Crippen LogP contribution in [0.4, 0.5) is 17.6 Å². The van der Waals surface area contributed by atoms with E-state index in [1.165, 1.54) is 18.6 Å². The lowest BCUT2D eigenvalue weighted by molar-refractivity contribution is -0.192. The Morgan fingerprint density at radius 3 is 2.18 bits per heavy atom. The average molecular weight is 469 g/mol. The zero-order chi connectivity index (χ0) is 24.2. The molecule has 10 heteroatoms. The van der Waals surface area contributed by atoms with Gasteiger partial charge in [0.2, 0.25) is 0 Å². The number of carboxylic acids is 1. The van der Waals surface area contributed by atoms with Crippen LogP contribution in [0.15, 0.2) is 42.7 Å². The van der Waals surface area contributed by atoms with Crippen LogP contribution >= 0.6 is 0 Å². The van der Waals surface area contributed by atoms with Crippen molar-refractivity contribution in [3.63, 3.8) is 0 Å². The molecular formula is C23H27F4N3O3. The first-order valence-corrected chi connectivity index (χ1v) is 10.7. The van der Waals surface area contributed by atoms with Gasteiger partial charge in [-0.1, -0.05) is 12.1 Å². The lowest BCUT2D eigenvalue weighted by Crippen LogP contribution is -2.59. The van der Waals surface area contributed by atoms with Crippen molar-refractivity contribution in [3.05, 3.63) is 59.7 Å². The second-order valence-electron chi connectivity index (χ2n) is 8.70. The molecule has 2 heterocycles. The van der Waals surface area contributed by atoms with Gasteiger partial charge in [-0.25, -0.2) is 9.18 Å². The van der Waals surface area contributed by atoms with Gasteiger partial charge in [0.05, 0.1) is 5.56 Å². The van der Waals surface area contributed by atoms with Gasteiger partial charge in [-0.3, -0.25) is 9.69 Å². The maximum absolute atomic E-state index is 13.0. The lowest BCUT2D eigenvalue weighted by Gasteiger charge is -2.54. The van der Waals surface area contributed by atoms with Crippen LogP contribution in [0.3, 0.4) is 0 Å². The summed E-state index contributed by atoms with van der Waals surface area (Å²) in [7, 11) is 1.93. The van der Waals surface area contributed by atoms with E-state index in [2.05, 4.69) is 10.2 Å². The summed E-state index contributed by atoms with van der Waals surface area (Å²) in [5.74, 6) is -2.89. The first kappa shape index (κ1) is 24.8. The number of benzene rings is 1. The van der Waals surface area contributed by atoms with Gasteiger partial charge in [-0.15, -0.1) is 0 Å². The first-order chi connectivity index (χ1) is 15.5. The van der Waals surface area contributed by atoms with E-state index in [1.54, 1.807) is 0 Å². The summed E-state index contributed by atoms with van der Waals surface area (Å²) >= 11 is 0. The maximum Gasteiger partial charge on any atom is 0.490 e. The predicted octanol–water partition coefficient (Wildman–Crippen LogP) is 3.97. The summed E-state index contributed by atoms with van der Waals surface area (Å²) < 4.78 is 46.7. The minimum atomic E-state index is -5.08. The molecule has 1 saturated heterocycles. The van der Waals surface area contributed by atoms with Gasteiger partial charge in [0.25, 0.3) is 5.91 Å². The summed E-state index contributed by atoms with van der Waals surface area (Å²) in [5.41, 5.74) is 2.16. The van der Waals surface area contributed by atoms with Crippen molar-refractivity contribution in [2.75, 3.05) is 13.1 Å². The van der Waals surface area contributed by atoms with Crippen LogP contribution < -0.4 is 5.32 Å². The molecule has 2 N–H and O–H groups in total. The molecular weight excluding hydrogens is 442 g/mol. The molecule has 2 aromatic rings. The number of aliphatic carboxylic acids is 1. The SMILES string of the molecule is Cn1ccc(C(=O)NC2CCC23CCN(Cc2ccc(F)cc2)CC3)c1.O=C(O)C(F)(F)F. The van der Waals surface area contributed by atoms with Crippen molar-refractivity contribution in [1.29, 1.82) is 0 Å². The van der Waals surface area contributed by atoms with Crippen LogP contribution in [-0.4, -0.2) is 51.8 Å². The third-order valence-corrected chi connectivity index (χ3v) is 6.48. The van der Waals surface area contributed by atoms with E-state index >= 15 is 0 Å². The van der Waals surface area contributed by atoms with E-state index in [4.69, 9.17) is 9.90 Å². The number of carboxylic acid groups (broad SMARTS) is 1. The molecule has 4 rings (SSSR count). The molecule has 1 unspecified atom stereocenters. The number of rotatable bonds is 4. The Kier molecular flexibility index (Phi) is 7.46. The predicted molar refractivity (Wildman–Crippen MR) is 113 cm³/mol. The third-order valence-electron chi connectivity index (χ3n) is 6.48. The third kappa shape index (κ3) is 6.34. The number of aryl methyl sites for hydroxylation is 1. The minimum absolute atomic E-state index is 0.0448. The van der Waals surface area contributed by atoms with Crippen LogP contribution in [0, 0.1) is 11.2 Å². The summed E-state index contributed by atoms with van der Waals surface area (Å²) in [6, 6.07) is 8.95. The standard InChI is InChI=1S/C21H26FN3O.C2HF3O2/c1-24-11-7-17(15-24)20(26)23-19-6-8-21(19)9-12-25(13-10-21)14-16-2-4-18(22)5-3-16;3-2(4,5)1(6)7/h2-5,7,11,15,19H,6,8-10,12-14H2,1H3,(H,23,26);(H,6,7). The molecule has 6 nitrogen and oxygen atoms in total. The van der Waals surface area contributed by atoms with E-state index in [0.717, 1.165) is 50.0 Å². The number of aromatic nitrogens is 1. The molecule has 1 amide bonds. The van der Waals surface area contributed by atoms with Crippen molar-refractivity contribution in [2.24, 2.45) is 12.5 Å². The highest BCUT2D eigenvalue weighted by Gasteiger charge is 2.48. The zero-order valence-electron chi connectivity index (χ0n) is 18.2. The number of piperidine rings is 1. The van der Waals surface area contributed by atoms with E-state index in [9.17, 15) is 22.4 Å². The summed E-state index contributed by atoms with van der Waals surface area (Å²) in [6.07, 6.45) is 3.21. The van der Waals surface area contributed by atoms with Gasteiger partial charge < -0.3 is 15.0 Å². The Morgan fingerprint density at radius 1 is 1.12 bits per heavy atom. The number of halogens is 4. The topological polar surface area (TPSA) is 74.6 Å². The minimum Gasteiger partial charge on any atom is -0.475 e. The van der Waals surface area contributed by atoms with Gasteiger partial charge in [0.1, 0.15) is 5.82 Å². The second-order valence-corrected chi connectivity index (χ2v) is 8.70. The molecule has 1 aliphatic carbocycles. The summed E-state index contributed by atoms with van der Waals surface area (Å²) in [4.78, 5) is 23.8. The fourth-order valence-corrected chi connectivity index (χ4v) is 4.40. The molecule has 1 aromatic heterocycles. The summed E-state index contributed by atoms with van der Waals surface area (Å²) in [5, 5.41) is 10.4. The fraction of sp³-hybridized carbons (Fsp3) is 0.478. The number of alkyl halides is 3. The van der Waals surface area contributed by atoms with Gasteiger partial charge in [-0.2, -0.15) is 13.2 Å². The Morgan fingerprint density at radius 2 is 1.73 bits per heavy atom. The first-order valence-electron chi connectivity index (χ1n) is 10.7. The molecule has 2 aliphatic rings. The Balaban J connectivity index is 0.000000383. The molecule has 0 radical (unpaired) electrons. The summed E-state index contributed by atoms with van der Waals surface area (Å²) in [6.45, 7) is 2.95. The molecule has 33 heavy (non-hydrogen) atoms. The van der Waals surface area contributed by atoms with Crippen molar-refractivity contribution in [3.8, 4) is 0 Å². The molecule has 1 aliphatic heterocycles. The number of hydrogen-bond donors (Lipinski definition) is 2. The van der Waals surface area contributed by atoms with Gasteiger partial charge in [0, 0.05) is 32.0 Å². The van der Waals surface area contributed by atoms with E-state index < -0.39 is 12.1 Å². The van der Waals surface area contributed by atoms with Crippen LogP contribution in [0.1, 0.15) is 41.6 Å². The Hall–Kier alpha value is -2.88. The number of carbonyl (C=O) groups excluding carboxylic acids is 1. The number of carbonyl (C=O) groups is 2. The molecule has 2 fully saturated rings. The van der Waals surface area contributed by atoms with Crippen LogP contribution in [-0.2, 0) is 18.4 Å². The second kappa shape index (κ2) is 9.94. The Bertz CT molecular complexity index is 964. The van der Waals surface area contributed by atoms with E-state index in [0.29, 0.717) is 6.04 Å². The van der Waals surface area contributed by atoms with Crippen molar-refractivity contribution < 1.29 is 32.3 Å². The highest BCUT2D eigenvalue weighted by molar-refractivity contribution is 5.94. The maximum atomic E-state index is 13.0. The van der Waals surface area contributed by atoms with Gasteiger partial charge in [-0.05, 0) is 68.0 Å². The van der Waals surface area contributed by atoms with Crippen LogP contribution in [0.2, 0.25) is 0 Å². The number of nitrogens with one attached hydrogen (secondary N) is 1. The van der Waals surface area contributed by atoms with Crippen LogP contribution in [0.25, 0.3) is 0 Å². The van der Waals surface area contributed by atoms with E-state index in [-0.39, 0.29) is 17.1 Å². The number of amides is 1. The zero-order valence-corrected chi connectivity index (χ0v) is 18.2. The largest absolute Gasteiger partial charge is 0.490 e. The quantitative estimate of drug-likeness (QED) is 0.665. The molecule has 1 atom stereocenters. The molecule has 1 aromatic carbocycles. The highest BCUT2D eigenvalue weighted by Crippen LogP contribution is 2.49. The lowest BCUT2D eigenvalue weighted by atomic mass is 9.59. The average Bonchev–Trinajstić information content (AvgIpc) is 3.19. The van der Waals surface area contributed by atoms with Gasteiger partial charge in [0.15, 0.2) is 0 Å². The number of likely N-dealkylation sites (tertiary alicyclic amines) is 1. The number of nitrogens with zero attached hydrogens (tertiary/aromatic N) is 2. The van der Waals surface area contributed by atoms with Crippen molar-refractivity contribution in [2.45, 2.75) is 44.4 Å². The number of hydrogen-bond acceptors (Lipinski definition) is 3. The van der Waals surface area contributed by atoms with E-state index in [1.807, 2.05) is 42.2 Å². The molecule has 180 valence electrons. The Labute approximate surface area is 189 Å². The smallest absolute Gasteiger partial charge is 0.475 e. The van der Waals surface area contributed by atoms with Gasteiger partial charge >= 0.3 is 12.1 Å². The van der Waals surface area contributed by atoms with Crippen molar-refractivity contribution >= 4 is 11.9 Å². The van der Waals surface area contributed by atoms with Crippen LogP contribution in [0.5, 0.6) is 0 Å². The monoisotopic (exact) mass is 469 g/mol. The highest BCUT2D eigenvalue weighted by atomic mass is 19.4.